The van der Waals surface area contributed by atoms with Crippen LogP contribution in [0.4, 0.5) is 0 Å². The molecule has 106 valence electrons. The summed E-state index contributed by atoms with van der Waals surface area (Å²) in [6.45, 7) is 12.3. The van der Waals surface area contributed by atoms with E-state index in [9.17, 15) is 0 Å². The summed E-state index contributed by atoms with van der Waals surface area (Å²) in [6.07, 6.45) is 8.54. The van der Waals surface area contributed by atoms with Crippen LogP contribution < -0.4 is 5.32 Å². The molecule has 0 amide bonds. The number of nitrogens with one attached hydrogen (secondary N) is 1. The smallest absolute Gasteiger partial charge is 0.0110 e. The highest BCUT2D eigenvalue weighted by Gasteiger charge is 2.29. The zero-order chi connectivity index (χ0) is 13.0. The number of hydrogen-bond donors (Lipinski definition) is 1. The van der Waals surface area contributed by atoms with Crippen molar-refractivity contribution in [3.05, 3.63) is 0 Å². The molecule has 2 fully saturated rings. The summed E-state index contributed by atoms with van der Waals surface area (Å²) >= 11 is 0. The first-order valence-electron chi connectivity index (χ1n) is 8.02. The Hall–Kier alpha value is -0.0800. The predicted octanol–water partition coefficient (Wildman–Crippen LogP) is 3.28. The molecule has 0 bridgehead atoms. The molecular weight excluding hydrogens is 220 g/mol. The van der Waals surface area contributed by atoms with Crippen LogP contribution in [0.25, 0.3) is 0 Å². The third kappa shape index (κ3) is 3.96. The lowest BCUT2D eigenvalue weighted by Crippen LogP contribution is -2.37. The fraction of sp³-hybridized carbons (Fsp3) is 1.00. The third-order valence-corrected chi connectivity index (χ3v) is 5.05. The van der Waals surface area contributed by atoms with Crippen molar-refractivity contribution in [2.45, 2.75) is 65.3 Å². The van der Waals surface area contributed by atoms with Crippen LogP contribution in [0.2, 0.25) is 0 Å². The molecule has 2 atom stereocenters. The Balaban J connectivity index is 1.88. The topological polar surface area (TPSA) is 15.3 Å². The maximum atomic E-state index is 3.52. The van der Waals surface area contributed by atoms with Crippen molar-refractivity contribution in [3.8, 4) is 0 Å². The second kappa shape index (κ2) is 6.38. The van der Waals surface area contributed by atoms with Crippen molar-refractivity contribution >= 4 is 0 Å². The summed E-state index contributed by atoms with van der Waals surface area (Å²) in [5.41, 5.74) is 0.509. The van der Waals surface area contributed by atoms with E-state index in [0.717, 1.165) is 12.0 Å². The molecule has 2 heteroatoms. The fourth-order valence-electron chi connectivity index (χ4n) is 3.75. The van der Waals surface area contributed by atoms with Gasteiger partial charge in [-0.3, -0.25) is 4.90 Å². The van der Waals surface area contributed by atoms with Crippen molar-refractivity contribution in [2.24, 2.45) is 11.3 Å². The predicted molar refractivity (Wildman–Crippen MR) is 78.9 cm³/mol. The molecule has 0 aromatic rings. The normalized spacial score (nSPS) is 32.8. The van der Waals surface area contributed by atoms with E-state index in [1.165, 1.54) is 64.7 Å². The molecule has 2 rings (SSSR count). The second-order valence-corrected chi connectivity index (χ2v) is 7.36. The van der Waals surface area contributed by atoms with E-state index in [1.807, 2.05) is 0 Å². The summed E-state index contributed by atoms with van der Waals surface area (Å²) in [6, 6.07) is 0.872. The van der Waals surface area contributed by atoms with Gasteiger partial charge in [0, 0.05) is 19.1 Å². The molecule has 18 heavy (non-hydrogen) atoms. The van der Waals surface area contributed by atoms with Crippen LogP contribution in [-0.4, -0.2) is 37.1 Å². The summed E-state index contributed by atoms with van der Waals surface area (Å²) in [5, 5.41) is 3.52. The Morgan fingerprint density at radius 2 is 1.72 bits per heavy atom. The number of hydrogen-bond acceptors (Lipinski definition) is 2. The lowest BCUT2D eigenvalue weighted by Gasteiger charge is -2.31. The van der Waals surface area contributed by atoms with Crippen molar-refractivity contribution in [2.75, 3.05) is 26.2 Å². The Labute approximate surface area is 114 Å². The maximum absolute atomic E-state index is 3.52. The van der Waals surface area contributed by atoms with Crippen LogP contribution in [0.1, 0.15) is 59.3 Å². The van der Waals surface area contributed by atoms with Crippen LogP contribution in [0.5, 0.6) is 0 Å². The van der Waals surface area contributed by atoms with E-state index in [2.05, 4.69) is 31.0 Å². The zero-order valence-electron chi connectivity index (χ0n) is 12.7. The molecule has 0 spiro atoms. The average Bonchev–Trinajstić information content (AvgIpc) is 2.70. The summed E-state index contributed by atoms with van der Waals surface area (Å²) in [5.74, 6) is 0.938. The van der Waals surface area contributed by atoms with Crippen LogP contribution in [-0.2, 0) is 0 Å². The highest BCUT2D eigenvalue weighted by Crippen LogP contribution is 2.37. The third-order valence-electron chi connectivity index (χ3n) is 5.05. The lowest BCUT2D eigenvalue weighted by atomic mass is 9.76. The van der Waals surface area contributed by atoms with E-state index in [4.69, 9.17) is 0 Å². The first kappa shape index (κ1) is 14.3. The van der Waals surface area contributed by atoms with Crippen molar-refractivity contribution in [1.29, 1.82) is 0 Å². The number of nitrogens with zero attached hydrogens (tertiary/aromatic N) is 1. The average molecular weight is 252 g/mol. The maximum Gasteiger partial charge on any atom is 0.0110 e. The molecule has 2 nitrogen and oxygen atoms in total. The minimum atomic E-state index is 0.509. The highest BCUT2D eigenvalue weighted by atomic mass is 15.2. The minimum absolute atomic E-state index is 0.509. The molecule has 1 heterocycles. The molecule has 1 saturated heterocycles. The minimum Gasteiger partial charge on any atom is -0.315 e. The van der Waals surface area contributed by atoms with E-state index < -0.39 is 0 Å². The molecule has 1 aliphatic heterocycles. The molecule has 1 N–H and O–H groups in total. The Kier molecular flexibility index (Phi) is 5.08. The van der Waals surface area contributed by atoms with Crippen molar-refractivity contribution in [3.63, 3.8) is 0 Å². The van der Waals surface area contributed by atoms with E-state index in [-0.39, 0.29) is 0 Å². The van der Waals surface area contributed by atoms with Gasteiger partial charge in [-0.05, 0) is 56.5 Å². The van der Waals surface area contributed by atoms with Gasteiger partial charge in [0.05, 0.1) is 0 Å². The standard InChI is InChI=1S/C16H32N2/c1-16(2,3)14-6-4-7-15(9-8-14)18-12-5-10-17-11-13-18/h14-15,17H,4-13H2,1-3H3. The molecule has 2 unspecified atom stereocenters. The van der Waals surface area contributed by atoms with Crippen LogP contribution in [0.15, 0.2) is 0 Å². The number of rotatable bonds is 1. The van der Waals surface area contributed by atoms with Gasteiger partial charge < -0.3 is 5.32 Å². The molecular formula is C16H32N2. The van der Waals surface area contributed by atoms with E-state index in [0.29, 0.717) is 5.41 Å². The largest absolute Gasteiger partial charge is 0.315 e. The summed E-state index contributed by atoms with van der Waals surface area (Å²) in [7, 11) is 0. The van der Waals surface area contributed by atoms with Gasteiger partial charge in [0.25, 0.3) is 0 Å². The van der Waals surface area contributed by atoms with Crippen molar-refractivity contribution in [1.82, 2.24) is 10.2 Å². The van der Waals surface area contributed by atoms with Crippen molar-refractivity contribution < 1.29 is 0 Å². The van der Waals surface area contributed by atoms with Crippen LogP contribution >= 0.6 is 0 Å². The van der Waals surface area contributed by atoms with Gasteiger partial charge in [0.1, 0.15) is 0 Å². The van der Waals surface area contributed by atoms with Gasteiger partial charge in [0.15, 0.2) is 0 Å². The van der Waals surface area contributed by atoms with E-state index >= 15 is 0 Å². The van der Waals surface area contributed by atoms with Gasteiger partial charge in [0.2, 0.25) is 0 Å². The van der Waals surface area contributed by atoms with E-state index in [1.54, 1.807) is 0 Å². The SMILES string of the molecule is CC(C)(C)C1CCCC(N2CCCNCC2)CC1. The zero-order valence-corrected chi connectivity index (χ0v) is 12.7. The monoisotopic (exact) mass is 252 g/mol. The van der Waals surface area contributed by atoms with Gasteiger partial charge in [-0.2, -0.15) is 0 Å². The Bertz CT molecular complexity index is 236. The summed E-state index contributed by atoms with van der Waals surface area (Å²) in [4.78, 5) is 2.77. The molecule has 0 aromatic carbocycles. The van der Waals surface area contributed by atoms with Gasteiger partial charge >= 0.3 is 0 Å². The molecule has 0 radical (unpaired) electrons. The first-order chi connectivity index (χ1) is 8.57. The second-order valence-electron chi connectivity index (χ2n) is 7.36. The quantitative estimate of drug-likeness (QED) is 0.721. The molecule has 2 aliphatic rings. The summed E-state index contributed by atoms with van der Waals surface area (Å²) < 4.78 is 0. The van der Waals surface area contributed by atoms with Gasteiger partial charge in [-0.15, -0.1) is 0 Å². The van der Waals surface area contributed by atoms with Crippen LogP contribution in [0.3, 0.4) is 0 Å². The molecule has 1 saturated carbocycles. The molecule has 0 aromatic heterocycles. The van der Waals surface area contributed by atoms with Gasteiger partial charge in [-0.1, -0.05) is 27.2 Å². The molecule has 1 aliphatic carbocycles. The van der Waals surface area contributed by atoms with Crippen LogP contribution in [0, 0.1) is 11.3 Å². The Morgan fingerprint density at radius 3 is 2.50 bits per heavy atom. The Morgan fingerprint density at radius 1 is 0.889 bits per heavy atom. The van der Waals surface area contributed by atoms with Gasteiger partial charge in [-0.25, -0.2) is 0 Å². The highest BCUT2D eigenvalue weighted by molar-refractivity contribution is 4.83. The fourth-order valence-corrected chi connectivity index (χ4v) is 3.75. The lowest BCUT2D eigenvalue weighted by molar-refractivity contribution is 0.178. The first-order valence-corrected chi connectivity index (χ1v) is 8.02.